The zero-order chi connectivity index (χ0) is 7.82. The SMILES string of the molecule is CCCN(CI)CCNS. The number of nitrogens with one attached hydrogen (secondary N) is 1. The molecule has 0 radical (unpaired) electrons. The average molecular weight is 274 g/mol. The van der Waals surface area contributed by atoms with E-state index in [1.807, 2.05) is 0 Å². The molecule has 0 bridgehead atoms. The van der Waals surface area contributed by atoms with Gasteiger partial charge in [0.25, 0.3) is 0 Å². The molecule has 0 unspecified atom stereocenters. The second kappa shape index (κ2) is 8.10. The van der Waals surface area contributed by atoms with Gasteiger partial charge in [-0.2, -0.15) is 0 Å². The van der Waals surface area contributed by atoms with E-state index in [9.17, 15) is 0 Å². The lowest BCUT2D eigenvalue weighted by Gasteiger charge is -2.17. The highest BCUT2D eigenvalue weighted by Crippen LogP contribution is 1.94. The maximum Gasteiger partial charge on any atom is 0.0506 e. The predicted octanol–water partition coefficient (Wildman–Crippen LogP) is 1.53. The minimum Gasteiger partial charge on any atom is -0.293 e. The first-order chi connectivity index (χ1) is 4.85. The van der Waals surface area contributed by atoms with Gasteiger partial charge in [-0.3, -0.25) is 9.62 Å². The highest BCUT2D eigenvalue weighted by Gasteiger charge is 1.98. The molecular weight excluding hydrogens is 259 g/mol. The Morgan fingerprint density at radius 3 is 2.60 bits per heavy atom. The summed E-state index contributed by atoms with van der Waals surface area (Å²) in [7, 11) is 0. The third-order valence-corrected chi connectivity index (χ3v) is 2.44. The molecular formula is C6H15IN2S. The fraction of sp³-hybridized carbons (Fsp3) is 1.00. The van der Waals surface area contributed by atoms with Crippen LogP contribution in [-0.2, 0) is 0 Å². The Morgan fingerprint density at radius 2 is 2.20 bits per heavy atom. The molecule has 4 heteroatoms. The van der Waals surface area contributed by atoms with Crippen molar-refractivity contribution in [1.29, 1.82) is 0 Å². The Labute approximate surface area is 82.4 Å². The van der Waals surface area contributed by atoms with Gasteiger partial charge in [0.05, 0.1) is 4.55 Å². The molecule has 0 saturated carbocycles. The van der Waals surface area contributed by atoms with Crippen molar-refractivity contribution >= 4 is 35.4 Å². The molecule has 0 saturated heterocycles. The average Bonchev–Trinajstić information content (AvgIpc) is 1.98. The van der Waals surface area contributed by atoms with Gasteiger partial charge < -0.3 is 0 Å². The molecule has 0 aliphatic heterocycles. The summed E-state index contributed by atoms with van der Waals surface area (Å²) in [4.78, 5) is 2.39. The second-order valence-corrected chi connectivity index (χ2v) is 3.14. The van der Waals surface area contributed by atoms with E-state index in [1.165, 1.54) is 13.0 Å². The molecule has 10 heavy (non-hydrogen) atoms. The van der Waals surface area contributed by atoms with Gasteiger partial charge in [0.15, 0.2) is 0 Å². The van der Waals surface area contributed by atoms with Crippen LogP contribution in [0.3, 0.4) is 0 Å². The summed E-state index contributed by atoms with van der Waals surface area (Å²) in [5.74, 6) is 0. The van der Waals surface area contributed by atoms with Crippen molar-refractivity contribution in [2.24, 2.45) is 0 Å². The van der Waals surface area contributed by atoms with E-state index in [1.54, 1.807) is 0 Å². The van der Waals surface area contributed by atoms with E-state index in [0.29, 0.717) is 0 Å². The Morgan fingerprint density at radius 1 is 1.50 bits per heavy atom. The summed E-state index contributed by atoms with van der Waals surface area (Å²) in [5, 5.41) is 0. The Bertz CT molecular complexity index is 72.8. The van der Waals surface area contributed by atoms with Crippen LogP contribution >= 0.6 is 35.4 Å². The van der Waals surface area contributed by atoms with Gasteiger partial charge in [-0.1, -0.05) is 42.3 Å². The molecule has 0 aromatic heterocycles. The predicted molar refractivity (Wildman–Crippen MR) is 57.7 cm³/mol. The number of nitrogens with zero attached hydrogens (tertiary/aromatic N) is 1. The minimum absolute atomic E-state index is 0.964. The van der Waals surface area contributed by atoms with Crippen LogP contribution in [0.1, 0.15) is 13.3 Å². The summed E-state index contributed by atoms with van der Waals surface area (Å²) in [5.41, 5.74) is 0. The third-order valence-electron chi connectivity index (χ3n) is 1.25. The van der Waals surface area contributed by atoms with Crippen molar-refractivity contribution in [2.45, 2.75) is 13.3 Å². The van der Waals surface area contributed by atoms with E-state index >= 15 is 0 Å². The van der Waals surface area contributed by atoms with E-state index in [2.05, 4.69) is 52.0 Å². The van der Waals surface area contributed by atoms with Crippen LogP contribution in [0.15, 0.2) is 0 Å². The summed E-state index contributed by atoms with van der Waals surface area (Å²) >= 11 is 6.31. The van der Waals surface area contributed by atoms with Crippen molar-refractivity contribution in [2.75, 3.05) is 24.2 Å². The largest absolute Gasteiger partial charge is 0.293 e. The van der Waals surface area contributed by atoms with Gasteiger partial charge in [-0.15, -0.1) is 0 Å². The minimum atomic E-state index is 0.964. The first-order valence-corrected chi connectivity index (χ1v) is 5.47. The molecule has 0 rings (SSSR count). The number of halogens is 1. The Balaban J connectivity index is 3.21. The third kappa shape index (κ3) is 5.76. The fourth-order valence-electron chi connectivity index (χ4n) is 0.756. The van der Waals surface area contributed by atoms with Crippen LogP contribution in [0.4, 0.5) is 0 Å². The van der Waals surface area contributed by atoms with Crippen LogP contribution in [-0.4, -0.2) is 29.1 Å². The summed E-state index contributed by atoms with van der Waals surface area (Å²) in [6.45, 7) is 5.46. The van der Waals surface area contributed by atoms with Gasteiger partial charge in [0, 0.05) is 13.1 Å². The standard InChI is InChI=1S/C6H15IN2S/c1-2-4-9(6-7)5-3-8-10/h8,10H,2-6H2,1H3. The smallest absolute Gasteiger partial charge is 0.0506 e. The molecule has 0 atom stereocenters. The molecule has 1 N–H and O–H groups in total. The molecule has 0 aromatic rings. The van der Waals surface area contributed by atoms with E-state index in [0.717, 1.165) is 17.6 Å². The number of alkyl halides is 1. The first kappa shape index (κ1) is 11.0. The number of rotatable bonds is 6. The lowest BCUT2D eigenvalue weighted by Crippen LogP contribution is -2.28. The summed E-state index contributed by atoms with van der Waals surface area (Å²) in [6, 6.07) is 0. The van der Waals surface area contributed by atoms with Crippen molar-refractivity contribution < 1.29 is 0 Å². The van der Waals surface area contributed by atoms with E-state index in [-0.39, 0.29) is 0 Å². The molecule has 62 valence electrons. The topological polar surface area (TPSA) is 15.3 Å². The summed E-state index contributed by atoms with van der Waals surface area (Å²) < 4.78 is 3.95. The number of hydrogen-bond donors (Lipinski definition) is 2. The first-order valence-electron chi connectivity index (χ1n) is 3.50. The quantitative estimate of drug-likeness (QED) is 0.330. The van der Waals surface area contributed by atoms with E-state index < -0.39 is 0 Å². The zero-order valence-corrected chi connectivity index (χ0v) is 9.36. The van der Waals surface area contributed by atoms with Crippen LogP contribution in [0.5, 0.6) is 0 Å². The van der Waals surface area contributed by atoms with Gasteiger partial charge in [-0.25, -0.2) is 0 Å². The van der Waals surface area contributed by atoms with Gasteiger partial charge >= 0.3 is 0 Å². The van der Waals surface area contributed by atoms with E-state index in [4.69, 9.17) is 0 Å². The van der Waals surface area contributed by atoms with Crippen LogP contribution in [0.25, 0.3) is 0 Å². The number of hydrogen-bond acceptors (Lipinski definition) is 3. The molecule has 2 nitrogen and oxygen atoms in total. The van der Waals surface area contributed by atoms with Crippen molar-refractivity contribution in [3.63, 3.8) is 0 Å². The maximum atomic E-state index is 3.92. The monoisotopic (exact) mass is 274 g/mol. The zero-order valence-electron chi connectivity index (χ0n) is 6.31. The highest BCUT2D eigenvalue weighted by atomic mass is 127. The molecule has 0 heterocycles. The lowest BCUT2D eigenvalue weighted by molar-refractivity contribution is 0.335. The van der Waals surface area contributed by atoms with Crippen molar-refractivity contribution in [1.82, 2.24) is 9.62 Å². The second-order valence-electron chi connectivity index (χ2n) is 2.15. The lowest BCUT2D eigenvalue weighted by atomic mass is 10.4. The molecule has 0 spiro atoms. The molecule has 0 aliphatic rings. The normalized spacial score (nSPS) is 10.8. The van der Waals surface area contributed by atoms with Gasteiger partial charge in [0.2, 0.25) is 0 Å². The van der Waals surface area contributed by atoms with Crippen LogP contribution in [0, 0.1) is 0 Å². The number of thiol groups is 1. The summed E-state index contributed by atoms with van der Waals surface area (Å²) in [6.07, 6.45) is 1.23. The van der Waals surface area contributed by atoms with Crippen molar-refractivity contribution in [3.05, 3.63) is 0 Å². The molecule has 0 amide bonds. The molecule has 0 aliphatic carbocycles. The van der Waals surface area contributed by atoms with Gasteiger partial charge in [0.1, 0.15) is 0 Å². The Hall–Kier alpha value is 1.000. The van der Waals surface area contributed by atoms with Crippen LogP contribution in [0.2, 0.25) is 0 Å². The molecule has 0 aromatic carbocycles. The maximum absolute atomic E-state index is 3.92. The van der Waals surface area contributed by atoms with Crippen molar-refractivity contribution in [3.8, 4) is 0 Å². The fourth-order valence-corrected chi connectivity index (χ4v) is 1.54. The highest BCUT2D eigenvalue weighted by molar-refractivity contribution is 14.1. The Kier molecular flexibility index (Phi) is 8.91. The molecule has 0 fully saturated rings. The van der Waals surface area contributed by atoms with Crippen LogP contribution < -0.4 is 4.72 Å². The van der Waals surface area contributed by atoms with Gasteiger partial charge in [-0.05, 0) is 13.0 Å².